The third-order valence-electron chi connectivity index (χ3n) is 3.31. The van der Waals surface area contributed by atoms with Crippen LogP contribution in [0.4, 0.5) is 0 Å². The molecule has 0 aliphatic heterocycles. The van der Waals surface area contributed by atoms with Crippen LogP contribution in [0.5, 0.6) is 0 Å². The molecule has 27 heavy (non-hydrogen) atoms. The van der Waals surface area contributed by atoms with Gasteiger partial charge in [-0.05, 0) is 49.3 Å². The lowest BCUT2D eigenvalue weighted by Gasteiger charge is -2.19. The van der Waals surface area contributed by atoms with Gasteiger partial charge >= 0.3 is 0 Å². The molecule has 0 aromatic carbocycles. The van der Waals surface area contributed by atoms with Crippen LogP contribution in [0.2, 0.25) is 0 Å². The van der Waals surface area contributed by atoms with Crippen LogP contribution in [0.15, 0.2) is 11.5 Å². The average molecular weight is 402 g/mol. The molecular formula is C21H43N3O2S. The molecule has 1 unspecified atom stereocenters. The lowest BCUT2D eigenvalue weighted by Crippen LogP contribution is -2.48. The summed E-state index contributed by atoms with van der Waals surface area (Å²) in [6.07, 6.45) is 5.61. The monoisotopic (exact) mass is 401 g/mol. The van der Waals surface area contributed by atoms with E-state index >= 15 is 0 Å². The highest BCUT2D eigenvalue weighted by atomic mass is 32.2. The normalized spacial score (nSPS) is 13.5. The molecule has 0 saturated carbocycles. The quantitative estimate of drug-likeness (QED) is 0.492. The first-order valence-electron chi connectivity index (χ1n) is 9.97. The van der Waals surface area contributed by atoms with Crippen molar-refractivity contribution in [3.05, 3.63) is 11.5 Å². The van der Waals surface area contributed by atoms with Gasteiger partial charge in [0.15, 0.2) is 0 Å². The summed E-state index contributed by atoms with van der Waals surface area (Å²) in [5.41, 5.74) is 0. The number of hydrogen-bond donors (Lipinski definition) is 3. The first-order valence-corrected chi connectivity index (χ1v) is 11.3. The van der Waals surface area contributed by atoms with Crippen LogP contribution in [0.3, 0.4) is 0 Å². The second-order valence-corrected chi connectivity index (χ2v) is 9.03. The molecule has 0 spiro atoms. The van der Waals surface area contributed by atoms with Crippen LogP contribution in [-0.4, -0.2) is 43.7 Å². The number of carbonyl (C=O) groups excluding carboxylic acids is 2. The van der Waals surface area contributed by atoms with Gasteiger partial charge < -0.3 is 16.0 Å². The molecule has 0 aliphatic rings. The molecule has 0 fully saturated rings. The largest absolute Gasteiger partial charge is 0.348 e. The Morgan fingerprint density at radius 1 is 0.963 bits per heavy atom. The predicted octanol–water partition coefficient (Wildman–Crippen LogP) is 3.81. The number of carbonyl (C=O) groups is 2. The Bertz CT molecular complexity index is 421. The Labute approximate surface area is 171 Å². The van der Waals surface area contributed by atoms with E-state index in [1.165, 1.54) is 0 Å². The molecule has 0 bridgehead atoms. The number of amides is 2. The number of hydrogen-bond acceptors (Lipinski definition) is 4. The van der Waals surface area contributed by atoms with Gasteiger partial charge in [0.25, 0.3) is 0 Å². The summed E-state index contributed by atoms with van der Waals surface area (Å²) < 4.78 is 0. The van der Waals surface area contributed by atoms with Gasteiger partial charge in [0.1, 0.15) is 0 Å². The standard InChI is InChI=1S/C17H33N3O2S.C4H10/c1-12(2)9-14(7-8-23-6)20-16(21)11-19-17(22)15(18-5)10-13(3)4;1-4(2)3/h7-8,12-15,18H,9-11H2,1-6H3,(H,19,22)(H,20,21);4H,1-3H3/b8-7+;/t14-,15?;/m1./s1. The Kier molecular flexibility index (Phi) is 17.9. The van der Waals surface area contributed by atoms with Crippen molar-refractivity contribution >= 4 is 23.6 Å². The van der Waals surface area contributed by atoms with Crippen molar-refractivity contribution < 1.29 is 9.59 Å². The van der Waals surface area contributed by atoms with Crippen LogP contribution >= 0.6 is 11.8 Å². The SMILES string of the molecule is CC(C)C.CNC(CC(C)C)C(=O)NCC(=O)N[C@H](/C=C/SC)CC(C)C. The maximum atomic E-state index is 12.1. The molecule has 2 amide bonds. The molecule has 160 valence electrons. The van der Waals surface area contributed by atoms with Crippen LogP contribution in [0.1, 0.15) is 61.3 Å². The molecule has 0 heterocycles. The Morgan fingerprint density at radius 3 is 1.89 bits per heavy atom. The van der Waals surface area contributed by atoms with Gasteiger partial charge in [-0.25, -0.2) is 0 Å². The Hall–Kier alpha value is -1.01. The fraction of sp³-hybridized carbons (Fsp3) is 0.810. The molecule has 0 saturated heterocycles. The van der Waals surface area contributed by atoms with E-state index in [-0.39, 0.29) is 30.4 Å². The second-order valence-electron chi connectivity index (χ2n) is 8.29. The summed E-state index contributed by atoms with van der Waals surface area (Å²) in [6.45, 7) is 14.9. The van der Waals surface area contributed by atoms with Gasteiger partial charge in [-0.1, -0.05) is 54.5 Å². The van der Waals surface area contributed by atoms with Gasteiger partial charge in [-0.3, -0.25) is 9.59 Å². The minimum Gasteiger partial charge on any atom is -0.348 e. The second kappa shape index (κ2) is 17.1. The van der Waals surface area contributed by atoms with E-state index in [1.807, 2.05) is 17.7 Å². The van der Waals surface area contributed by atoms with E-state index in [2.05, 4.69) is 64.4 Å². The molecule has 3 N–H and O–H groups in total. The Morgan fingerprint density at radius 2 is 1.48 bits per heavy atom. The zero-order valence-corrected chi connectivity index (χ0v) is 19.7. The number of likely N-dealkylation sites (N-methyl/N-ethyl adjacent to an activating group) is 1. The first-order chi connectivity index (χ1) is 12.5. The fourth-order valence-corrected chi connectivity index (χ4v) is 2.59. The maximum Gasteiger partial charge on any atom is 0.239 e. The summed E-state index contributed by atoms with van der Waals surface area (Å²) in [4.78, 5) is 24.1. The predicted molar refractivity (Wildman–Crippen MR) is 120 cm³/mol. The van der Waals surface area contributed by atoms with Crippen LogP contribution in [0, 0.1) is 17.8 Å². The lowest BCUT2D eigenvalue weighted by atomic mass is 10.0. The van der Waals surface area contributed by atoms with Crippen LogP contribution in [0.25, 0.3) is 0 Å². The molecule has 0 rings (SSSR count). The molecule has 5 nitrogen and oxygen atoms in total. The molecule has 0 radical (unpaired) electrons. The lowest BCUT2D eigenvalue weighted by molar-refractivity contribution is -0.127. The van der Waals surface area contributed by atoms with Crippen LogP contribution < -0.4 is 16.0 Å². The third-order valence-corrected chi connectivity index (χ3v) is 3.74. The highest BCUT2D eigenvalue weighted by Crippen LogP contribution is 2.08. The average Bonchev–Trinajstić information content (AvgIpc) is 2.54. The zero-order chi connectivity index (χ0) is 21.4. The Balaban J connectivity index is 0. The minimum absolute atomic E-state index is 0.00242. The molecular weight excluding hydrogens is 358 g/mol. The van der Waals surface area contributed by atoms with Crippen molar-refractivity contribution in [3.63, 3.8) is 0 Å². The van der Waals surface area contributed by atoms with E-state index in [4.69, 9.17) is 0 Å². The maximum absolute atomic E-state index is 12.1. The molecule has 6 heteroatoms. The summed E-state index contributed by atoms with van der Waals surface area (Å²) in [5, 5.41) is 10.6. The van der Waals surface area contributed by atoms with Crippen molar-refractivity contribution in [1.29, 1.82) is 0 Å². The topological polar surface area (TPSA) is 70.2 Å². The summed E-state index contributed by atoms with van der Waals surface area (Å²) in [5.74, 6) is 1.45. The van der Waals surface area contributed by atoms with Crippen molar-refractivity contribution in [2.75, 3.05) is 19.8 Å². The van der Waals surface area contributed by atoms with Crippen molar-refractivity contribution in [3.8, 4) is 0 Å². The van der Waals surface area contributed by atoms with E-state index < -0.39 is 0 Å². The van der Waals surface area contributed by atoms with Gasteiger partial charge in [0.05, 0.1) is 12.6 Å². The van der Waals surface area contributed by atoms with Crippen molar-refractivity contribution in [2.24, 2.45) is 17.8 Å². The van der Waals surface area contributed by atoms with E-state index in [9.17, 15) is 9.59 Å². The molecule has 0 aliphatic carbocycles. The summed E-state index contributed by atoms with van der Waals surface area (Å²) in [7, 11) is 1.76. The van der Waals surface area contributed by atoms with Gasteiger partial charge in [-0.15, -0.1) is 11.8 Å². The fourth-order valence-electron chi connectivity index (χ4n) is 2.24. The summed E-state index contributed by atoms with van der Waals surface area (Å²) >= 11 is 1.61. The highest BCUT2D eigenvalue weighted by Gasteiger charge is 2.18. The third kappa shape index (κ3) is 19.6. The van der Waals surface area contributed by atoms with Crippen molar-refractivity contribution in [2.45, 2.75) is 73.4 Å². The van der Waals surface area contributed by atoms with Gasteiger partial charge in [0, 0.05) is 6.04 Å². The first kappa shape index (κ1) is 28.2. The highest BCUT2D eigenvalue weighted by molar-refractivity contribution is 8.01. The molecule has 2 atom stereocenters. The zero-order valence-electron chi connectivity index (χ0n) is 18.9. The van der Waals surface area contributed by atoms with E-state index in [0.717, 1.165) is 18.8 Å². The van der Waals surface area contributed by atoms with Crippen molar-refractivity contribution in [1.82, 2.24) is 16.0 Å². The molecule has 0 aromatic rings. The van der Waals surface area contributed by atoms with E-state index in [0.29, 0.717) is 11.8 Å². The number of thioether (sulfide) groups is 1. The molecule has 0 aromatic heterocycles. The summed E-state index contributed by atoms with van der Waals surface area (Å²) in [6, 6.07) is -0.256. The smallest absolute Gasteiger partial charge is 0.239 e. The van der Waals surface area contributed by atoms with E-state index in [1.54, 1.807) is 18.8 Å². The number of rotatable bonds is 11. The van der Waals surface area contributed by atoms with Gasteiger partial charge in [-0.2, -0.15) is 0 Å². The number of nitrogens with one attached hydrogen (secondary N) is 3. The van der Waals surface area contributed by atoms with Gasteiger partial charge in [0.2, 0.25) is 11.8 Å². The minimum atomic E-state index is -0.259. The van der Waals surface area contributed by atoms with Crippen LogP contribution in [-0.2, 0) is 9.59 Å².